The summed E-state index contributed by atoms with van der Waals surface area (Å²) in [5.74, 6) is 0.172. The summed E-state index contributed by atoms with van der Waals surface area (Å²) in [6.07, 6.45) is -2.84. The predicted octanol–water partition coefficient (Wildman–Crippen LogP) is 2.74. The summed E-state index contributed by atoms with van der Waals surface area (Å²) in [6.45, 7) is 2.97. The quantitative estimate of drug-likeness (QED) is 0.646. The van der Waals surface area contributed by atoms with Crippen LogP contribution in [0.5, 0.6) is 11.6 Å². The lowest BCUT2D eigenvalue weighted by molar-refractivity contribution is -0.141. The second-order valence-corrected chi connectivity index (χ2v) is 7.27. The van der Waals surface area contributed by atoms with Crippen LogP contribution in [0.15, 0.2) is 42.6 Å². The Kier molecular flexibility index (Phi) is 5.84. The van der Waals surface area contributed by atoms with Crippen molar-refractivity contribution in [2.75, 3.05) is 26.2 Å². The number of rotatable bonds is 5. The summed E-state index contributed by atoms with van der Waals surface area (Å²) < 4.78 is 47.0. The number of hydrogen-bond donors (Lipinski definition) is 2. The van der Waals surface area contributed by atoms with Gasteiger partial charge in [-0.1, -0.05) is 6.07 Å². The Balaban J connectivity index is 1.60. The van der Waals surface area contributed by atoms with Crippen molar-refractivity contribution in [3.63, 3.8) is 0 Å². The van der Waals surface area contributed by atoms with Crippen LogP contribution in [-0.2, 0) is 24.1 Å². The Morgan fingerprint density at radius 3 is 2.68 bits per heavy atom. The van der Waals surface area contributed by atoms with Gasteiger partial charge < -0.3 is 25.3 Å². The molecule has 4 rings (SSSR count). The van der Waals surface area contributed by atoms with Crippen molar-refractivity contribution >= 4 is 16.8 Å². The molecule has 3 N–H and O–H groups in total. The highest BCUT2D eigenvalue weighted by Gasteiger charge is 2.33. The third-order valence-electron chi connectivity index (χ3n) is 5.15. The Labute approximate surface area is 176 Å². The van der Waals surface area contributed by atoms with Crippen LogP contribution >= 0.6 is 0 Å². The van der Waals surface area contributed by atoms with Crippen LogP contribution in [0.3, 0.4) is 0 Å². The number of nitrogens with zero attached hydrogens (tertiary/aromatic N) is 3. The lowest BCUT2D eigenvalue weighted by Gasteiger charge is -2.27. The highest BCUT2D eigenvalue weighted by Crippen LogP contribution is 2.33. The van der Waals surface area contributed by atoms with Crippen molar-refractivity contribution in [2.45, 2.75) is 19.3 Å². The van der Waals surface area contributed by atoms with Gasteiger partial charge >= 0.3 is 6.18 Å². The maximum absolute atomic E-state index is 13.2. The van der Waals surface area contributed by atoms with Crippen molar-refractivity contribution in [3.8, 4) is 11.6 Å². The number of nitrogens with two attached hydrogens (primary N) is 1. The fraction of sp³-hybridized carbons (Fsp3) is 0.333. The standard InChI is InChI=1S/C21H22F3N5O2/c22-21(23,24)18-10-14(12-25)11-19(27-18)31-17-3-1-2-16-15(17)4-7-29(16)13-20(30)28-8-5-26-6-9-28/h1-4,7,10-11,26H,5-6,8-9,12-13,25H2. The summed E-state index contributed by atoms with van der Waals surface area (Å²) in [7, 11) is 0. The molecule has 2 aromatic heterocycles. The van der Waals surface area contributed by atoms with E-state index < -0.39 is 11.9 Å². The summed E-state index contributed by atoms with van der Waals surface area (Å²) in [6, 6.07) is 9.27. The number of alkyl halides is 3. The van der Waals surface area contributed by atoms with Crippen LogP contribution in [0.1, 0.15) is 11.3 Å². The van der Waals surface area contributed by atoms with Crippen molar-refractivity contribution in [3.05, 3.63) is 53.9 Å². The molecule has 3 heterocycles. The number of hydrogen-bond acceptors (Lipinski definition) is 5. The van der Waals surface area contributed by atoms with Gasteiger partial charge in [0.2, 0.25) is 11.8 Å². The van der Waals surface area contributed by atoms with Gasteiger partial charge in [-0.25, -0.2) is 4.98 Å². The molecular formula is C21H22F3N5O2. The Bertz CT molecular complexity index is 1090. The molecule has 0 unspecified atom stereocenters. The summed E-state index contributed by atoms with van der Waals surface area (Å²) >= 11 is 0. The maximum atomic E-state index is 13.2. The Hall–Kier alpha value is -3.11. The van der Waals surface area contributed by atoms with Crippen LogP contribution < -0.4 is 15.8 Å². The number of fused-ring (bicyclic) bond motifs is 1. The van der Waals surface area contributed by atoms with Crippen LogP contribution in [0.4, 0.5) is 13.2 Å². The third kappa shape index (κ3) is 4.64. The SMILES string of the molecule is NCc1cc(Oc2cccc3c2ccn3CC(=O)N2CCNCC2)nc(C(F)(F)F)c1. The maximum Gasteiger partial charge on any atom is 0.433 e. The van der Waals surface area contributed by atoms with Crippen LogP contribution in [-0.4, -0.2) is 46.5 Å². The minimum absolute atomic E-state index is 0.0115. The second kappa shape index (κ2) is 8.56. The molecule has 0 atom stereocenters. The number of halogens is 3. The van der Waals surface area contributed by atoms with Crippen molar-refractivity contribution in [1.29, 1.82) is 0 Å². The largest absolute Gasteiger partial charge is 0.438 e. The molecule has 10 heteroatoms. The summed E-state index contributed by atoms with van der Waals surface area (Å²) in [5.41, 5.74) is 5.48. The molecule has 164 valence electrons. The van der Waals surface area contributed by atoms with E-state index in [1.807, 2.05) is 11.0 Å². The molecule has 7 nitrogen and oxygen atoms in total. The first-order chi connectivity index (χ1) is 14.8. The third-order valence-corrected chi connectivity index (χ3v) is 5.15. The molecule has 0 radical (unpaired) electrons. The monoisotopic (exact) mass is 433 g/mol. The number of pyridine rings is 1. The van der Waals surface area contributed by atoms with Crippen molar-refractivity contribution in [1.82, 2.24) is 19.8 Å². The van der Waals surface area contributed by atoms with E-state index in [-0.39, 0.29) is 30.4 Å². The summed E-state index contributed by atoms with van der Waals surface area (Å²) in [5, 5.41) is 3.88. The molecule has 1 aliphatic rings. The Morgan fingerprint density at radius 2 is 1.97 bits per heavy atom. The van der Waals surface area contributed by atoms with Gasteiger partial charge in [-0.3, -0.25) is 4.79 Å². The van der Waals surface area contributed by atoms with Gasteiger partial charge in [-0.15, -0.1) is 0 Å². The molecule has 0 bridgehead atoms. The molecule has 1 aliphatic heterocycles. The number of carbonyl (C=O) groups excluding carboxylic acids is 1. The van der Waals surface area contributed by atoms with E-state index in [1.54, 1.807) is 29.0 Å². The van der Waals surface area contributed by atoms with Gasteiger partial charge in [0, 0.05) is 50.4 Å². The van der Waals surface area contributed by atoms with E-state index in [1.165, 1.54) is 6.07 Å². The minimum atomic E-state index is -4.61. The van der Waals surface area contributed by atoms with E-state index in [0.717, 1.165) is 24.7 Å². The number of carbonyl (C=O) groups is 1. The predicted molar refractivity (Wildman–Crippen MR) is 109 cm³/mol. The topological polar surface area (TPSA) is 85.4 Å². The first-order valence-corrected chi connectivity index (χ1v) is 9.87. The fourth-order valence-corrected chi connectivity index (χ4v) is 3.57. The smallest absolute Gasteiger partial charge is 0.433 e. The molecule has 1 fully saturated rings. The lowest BCUT2D eigenvalue weighted by atomic mass is 10.2. The zero-order valence-electron chi connectivity index (χ0n) is 16.7. The van der Waals surface area contributed by atoms with E-state index in [0.29, 0.717) is 24.2 Å². The van der Waals surface area contributed by atoms with Gasteiger partial charge in [0.1, 0.15) is 18.0 Å². The number of piperazine rings is 1. The zero-order chi connectivity index (χ0) is 22.0. The number of nitrogens with one attached hydrogen (secondary N) is 1. The van der Waals surface area contributed by atoms with Gasteiger partial charge in [0.15, 0.2) is 0 Å². The molecule has 0 aliphatic carbocycles. The lowest BCUT2D eigenvalue weighted by Crippen LogP contribution is -2.47. The van der Waals surface area contributed by atoms with E-state index in [2.05, 4.69) is 10.3 Å². The normalized spacial score (nSPS) is 14.8. The van der Waals surface area contributed by atoms with Crippen LogP contribution in [0.25, 0.3) is 10.9 Å². The number of aromatic nitrogens is 2. The molecule has 31 heavy (non-hydrogen) atoms. The highest BCUT2D eigenvalue weighted by molar-refractivity contribution is 5.88. The highest BCUT2D eigenvalue weighted by atomic mass is 19.4. The van der Waals surface area contributed by atoms with Crippen LogP contribution in [0, 0.1) is 0 Å². The van der Waals surface area contributed by atoms with Gasteiger partial charge in [-0.2, -0.15) is 13.2 Å². The van der Waals surface area contributed by atoms with Gasteiger partial charge in [-0.05, 0) is 29.8 Å². The zero-order valence-corrected chi connectivity index (χ0v) is 16.7. The van der Waals surface area contributed by atoms with Crippen molar-refractivity contribution < 1.29 is 22.7 Å². The number of benzene rings is 1. The van der Waals surface area contributed by atoms with Crippen molar-refractivity contribution in [2.24, 2.45) is 5.73 Å². The first kappa shape index (κ1) is 21.1. The molecule has 3 aromatic rings. The second-order valence-electron chi connectivity index (χ2n) is 7.27. The van der Waals surface area contributed by atoms with E-state index in [9.17, 15) is 18.0 Å². The fourth-order valence-electron chi connectivity index (χ4n) is 3.57. The van der Waals surface area contributed by atoms with Gasteiger partial charge in [0.05, 0.1) is 5.52 Å². The molecule has 0 saturated carbocycles. The minimum Gasteiger partial charge on any atom is -0.438 e. The number of amides is 1. The Morgan fingerprint density at radius 1 is 1.19 bits per heavy atom. The molecule has 1 aromatic carbocycles. The molecule has 1 saturated heterocycles. The van der Waals surface area contributed by atoms with Gasteiger partial charge in [0.25, 0.3) is 0 Å². The molecule has 0 spiro atoms. The average molecular weight is 433 g/mol. The van der Waals surface area contributed by atoms with Crippen LogP contribution in [0.2, 0.25) is 0 Å². The average Bonchev–Trinajstić information content (AvgIpc) is 3.17. The van der Waals surface area contributed by atoms with E-state index >= 15 is 0 Å². The molecule has 1 amide bonds. The summed E-state index contributed by atoms with van der Waals surface area (Å²) in [4.78, 5) is 18.0. The number of ether oxygens (including phenoxy) is 1. The van der Waals surface area contributed by atoms with E-state index in [4.69, 9.17) is 10.5 Å². The first-order valence-electron chi connectivity index (χ1n) is 9.87. The molecular weight excluding hydrogens is 411 g/mol.